The number of fused-ring (bicyclic) bond motifs is 1. The standard InChI is InChI=1S/C26H28N2O3S/c1-19-8-3-4-10-22(19)18-28(32(2,30)31)23-16-14-21(15-17-23)26(29)27-25-13-7-11-20-9-5-6-12-24(20)25/h3-6,8-10,12,14-17,25H,7,11,13,18H2,1-2H3,(H,27,29). The third-order valence-electron chi connectivity index (χ3n) is 6.07. The van der Waals surface area contributed by atoms with Crippen LogP contribution in [0.3, 0.4) is 0 Å². The molecule has 1 unspecified atom stereocenters. The van der Waals surface area contributed by atoms with Gasteiger partial charge in [0, 0.05) is 5.56 Å². The quantitative estimate of drug-likeness (QED) is 0.591. The summed E-state index contributed by atoms with van der Waals surface area (Å²) < 4.78 is 26.4. The number of rotatable bonds is 6. The van der Waals surface area contributed by atoms with Crippen LogP contribution in [-0.4, -0.2) is 20.6 Å². The predicted octanol–water partition coefficient (Wildman–Crippen LogP) is 4.77. The van der Waals surface area contributed by atoms with Crippen LogP contribution in [0.5, 0.6) is 0 Å². The molecule has 0 heterocycles. The summed E-state index contributed by atoms with van der Waals surface area (Å²) >= 11 is 0. The number of carbonyl (C=O) groups is 1. The maximum Gasteiger partial charge on any atom is 0.251 e. The summed E-state index contributed by atoms with van der Waals surface area (Å²) in [4.78, 5) is 12.9. The molecule has 1 aliphatic carbocycles. The number of sulfonamides is 1. The van der Waals surface area contributed by atoms with Crippen molar-refractivity contribution >= 4 is 21.6 Å². The zero-order valence-electron chi connectivity index (χ0n) is 18.4. The zero-order valence-corrected chi connectivity index (χ0v) is 19.2. The Kier molecular flexibility index (Phi) is 6.33. The highest BCUT2D eigenvalue weighted by Crippen LogP contribution is 2.30. The lowest BCUT2D eigenvalue weighted by Gasteiger charge is -2.26. The maximum absolute atomic E-state index is 12.9. The van der Waals surface area contributed by atoms with Crippen LogP contribution >= 0.6 is 0 Å². The van der Waals surface area contributed by atoms with Gasteiger partial charge in [0.25, 0.3) is 5.91 Å². The first kappa shape index (κ1) is 22.1. The highest BCUT2D eigenvalue weighted by atomic mass is 32.2. The van der Waals surface area contributed by atoms with E-state index in [0.717, 1.165) is 30.4 Å². The second-order valence-corrected chi connectivity index (χ2v) is 10.3. The lowest BCUT2D eigenvalue weighted by atomic mass is 9.87. The molecule has 3 aromatic rings. The van der Waals surface area contributed by atoms with Gasteiger partial charge in [0.2, 0.25) is 10.0 Å². The second-order valence-electron chi connectivity index (χ2n) is 8.36. The Bertz CT molecular complexity index is 1220. The highest BCUT2D eigenvalue weighted by Gasteiger charge is 2.23. The molecule has 32 heavy (non-hydrogen) atoms. The molecule has 0 aliphatic heterocycles. The van der Waals surface area contributed by atoms with Crippen molar-refractivity contribution in [3.63, 3.8) is 0 Å². The van der Waals surface area contributed by atoms with E-state index in [4.69, 9.17) is 0 Å². The first-order chi connectivity index (χ1) is 15.3. The molecular weight excluding hydrogens is 420 g/mol. The molecule has 0 radical (unpaired) electrons. The van der Waals surface area contributed by atoms with E-state index in [1.165, 1.54) is 21.7 Å². The number of hydrogen-bond donors (Lipinski definition) is 1. The number of anilines is 1. The molecule has 0 spiro atoms. The second kappa shape index (κ2) is 9.17. The largest absolute Gasteiger partial charge is 0.345 e. The smallest absolute Gasteiger partial charge is 0.251 e. The van der Waals surface area contributed by atoms with Crippen molar-refractivity contribution in [2.24, 2.45) is 0 Å². The fourth-order valence-electron chi connectivity index (χ4n) is 4.27. The molecule has 1 amide bonds. The van der Waals surface area contributed by atoms with Crippen LogP contribution < -0.4 is 9.62 Å². The van der Waals surface area contributed by atoms with Crippen LogP contribution in [0.15, 0.2) is 72.8 Å². The number of benzene rings is 3. The summed E-state index contributed by atoms with van der Waals surface area (Å²) in [6, 6.07) is 22.7. The van der Waals surface area contributed by atoms with Gasteiger partial charge < -0.3 is 5.32 Å². The first-order valence-corrected chi connectivity index (χ1v) is 12.7. The molecule has 6 heteroatoms. The summed E-state index contributed by atoms with van der Waals surface area (Å²) in [5.74, 6) is -0.150. The Morgan fingerprint density at radius 2 is 1.69 bits per heavy atom. The van der Waals surface area contributed by atoms with Crippen LogP contribution in [-0.2, 0) is 23.0 Å². The molecule has 5 nitrogen and oxygen atoms in total. The lowest BCUT2D eigenvalue weighted by molar-refractivity contribution is 0.0932. The average Bonchev–Trinajstić information content (AvgIpc) is 2.78. The fourth-order valence-corrected chi connectivity index (χ4v) is 5.15. The topological polar surface area (TPSA) is 66.5 Å². The van der Waals surface area contributed by atoms with E-state index in [2.05, 4.69) is 17.4 Å². The normalized spacial score (nSPS) is 15.6. The van der Waals surface area contributed by atoms with Crippen molar-refractivity contribution in [1.82, 2.24) is 5.32 Å². The third-order valence-corrected chi connectivity index (χ3v) is 7.21. The monoisotopic (exact) mass is 448 g/mol. The molecule has 0 saturated heterocycles. The maximum atomic E-state index is 12.9. The molecule has 0 bridgehead atoms. The van der Waals surface area contributed by atoms with E-state index in [-0.39, 0.29) is 18.5 Å². The van der Waals surface area contributed by atoms with Gasteiger partial charge in [-0.2, -0.15) is 0 Å². The summed E-state index contributed by atoms with van der Waals surface area (Å²) in [6.07, 6.45) is 4.20. The SMILES string of the molecule is Cc1ccccc1CN(c1ccc(C(=O)NC2CCCc3ccccc32)cc1)S(C)(=O)=O. The van der Waals surface area contributed by atoms with Crippen LogP contribution in [0.25, 0.3) is 0 Å². The Morgan fingerprint density at radius 1 is 1.00 bits per heavy atom. The molecule has 0 saturated carbocycles. The van der Waals surface area contributed by atoms with Gasteiger partial charge in [-0.25, -0.2) is 8.42 Å². The van der Waals surface area contributed by atoms with Crippen molar-refractivity contribution in [3.05, 3.63) is 101 Å². The van der Waals surface area contributed by atoms with Gasteiger partial charge in [-0.15, -0.1) is 0 Å². The van der Waals surface area contributed by atoms with E-state index in [9.17, 15) is 13.2 Å². The third kappa shape index (κ3) is 4.86. The van der Waals surface area contributed by atoms with Gasteiger partial charge in [0.15, 0.2) is 0 Å². The van der Waals surface area contributed by atoms with Crippen molar-refractivity contribution in [3.8, 4) is 0 Å². The number of amides is 1. The summed E-state index contributed by atoms with van der Waals surface area (Å²) in [6.45, 7) is 2.21. The van der Waals surface area contributed by atoms with Crippen molar-refractivity contribution < 1.29 is 13.2 Å². The van der Waals surface area contributed by atoms with E-state index in [0.29, 0.717) is 11.3 Å². The van der Waals surface area contributed by atoms with Gasteiger partial charge in [0.1, 0.15) is 0 Å². The van der Waals surface area contributed by atoms with Crippen LogP contribution in [0.4, 0.5) is 5.69 Å². The van der Waals surface area contributed by atoms with Crippen molar-refractivity contribution in [2.45, 2.75) is 38.8 Å². The van der Waals surface area contributed by atoms with Gasteiger partial charge in [-0.1, -0.05) is 48.5 Å². The van der Waals surface area contributed by atoms with Crippen LogP contribution in [0.1, 0.15) is 51.5 Å². The summed E-state index contributed by atoms with van der Waals surface area (Å²) in [7, 11) is -3.49. The number of hydrogen-bond acceptors (Lipinski definition) is 3. The molecule has 4 rings (SSSR count). The summed E-state index contributed by atoms with van der Waals surface area (Å²) in [5.41, 5.74) is 5.50. The zero-order chi connectivity index (χ0) is 22.7. The van der Waals surface area contributed by atoms with Gasteiger partial charge >= 0.3 is 0 Å². The molecule has 1 aliphatic rings. The molecule has 1 N–H and O–H groups in total. The number of nitrogens with zero attached hydrogens (tertiary/aromatic N) is 1. The minimum atomic E-state index is -3.49. The predicted molar refractivity (Wildman–Crippen MR) is 128 cm³/mol. The fraction of sp³-hybridized carbons (Fsp3) is 0.269. The number of aryl methyl sites for hydroxylation is 2. The van der Waals surface area contributed by atoms with E-state index >= 15 is 0 Å². The minimum Gasteiger partial charge on any atom is -0.345 e. The number of carbonyl (C=O) groups excluding carboxylic acids is 1. The lowest BCUT2D eigenvalue weighted by Crippen LogP contribution is -2.31. The van der Waals surface area contributed by atoms with E-state index in [1.54, 1.807) is 24.3 Å². The van der Waals surface area contributed by atoms with Gasteiger partial charge in [-0.3, -0.25) is 9.10 Å². The van der Waals surface area contributed by atoms with Crippen molar-refractivity contribution in [1.29, 1.82) is 0 Å². The van der Waals surface area contributed by atoms with Gasteiger partial charge in [0.05, 0.1) is 24.5 Å². The minimum absolute atomic E-state index is 0.000649. The van der Waals surface area contributed by atoms with Gasteiger partial charge in [-0.05, 0) is 72.7 Å². The first-order valence-electron chi connectivity index (χ1n) is 10.8. The number of nitrogens with one attached hydrogen (secondary N) is 1. The Balaban J connectivity index is 1.52. The molecule has 0 fully saturated rings. The Morgan fingerprint density at radius 3 is 2.41 bits per heavy atom. The molecule has 0 aromatic heterocycles. The van der Waals surface area contributed by atoms with E-state index in [1.807, 2.05) is 43.3 Å². The Labute approximate surface area is 190 Å². The van der Waals surface area contributed by atoms with Crippen molar-refractivity contribution in [2.75, 3.05) is 10.6 Å². The molecular formula is C26H28N2O3S. The van der Waals surface area contributed by atoms with Crippen LogP contribution in [0, 0.1) is 6.92 Å². The average molecular weight is 449 g/mol. The molecule has 3 aromatic carbocycles. The highest BCUT2D eigenvalue weighted by molar-refractivity contribution is 7.92. The molecule has 1 atom stereocenters. The summed E-state index contributed by atoms with van der Waals surface area (Å²) in [5, 5.41) is 3.15. The van der Waals surface area contributed by atoms with Crippen LogP contribution in [0.2, 0.25) is 0 Å². The van der Waals surface area contributed by atoms with E-state index < -0.39 is 10.0 Å². The molecule has 166 valence electrons. The Hall–Kier alpha value is -3.12.